The molecule has 0 fully saturated rings. The van der Waals surface area contributed by atoms with Crippen LogP contribution in [-0.2, 0) is 0 Å². The van der Waals surface area contributed by atoms with E-state index < -0.39 is 6.17 Å². The number of rotatable bonds is 5. The van der Waals surface area contributed by atoms with Crippen LogP contribution in [-0.4, -0.2) is 11.7 Å². The molecule has 7 nitrogen and oxygen atoms in total. The summed E-state index contributed by atoms with van der Waals surface area (Å²) in [6.07, 6.45) is -0.442. The van der Waals surface area contributed by atoms with Crippen LogP contribution in [0, 0.1) is 0 Å². The third kappa shape index (κ3) is 5.15. The Morgan fingerprint density at radius 1 is 0.385 bits per heavy atom. The number of hydrogen-bond donors (Lipinski definition) is 1. The van der Waals surface area contributed by atoms with Crippen LogP contribution in [0.1, 0.15) is 22.9 Å². The first kappa shape index (κ1) is 29.8. The molecular formula is C45H31N5O2. The molecule has 10 rings (SSSR count). The normalized spacial score (nSPS) is 15.3. The summed E-state index contributed by atoms with van der Waals surface area (Å²) in [5.74, 6) is 4.82. The summed E-state index contributed by atoms with van der Waals surface area (Å²) in [5, 5.41) is 3.55. The minimum absolute atomic E-state index is 0.442. The van der Waals surface area contributed by atoms with Crippen LogP contribution in [0.2, 0.25) is 0 Å². The zero-order valence-corrected chi connectivity index (χ0v) is 27.9. The maximum Gasteiger partial charge on any atom is 0.169 e. The first-order chi connectivity index (χ1) is 25.8. The van der Waals surface area contributed by atoms with Crippen molar-refractivity contribution < 1.29 is 9.47 Å². The summed E-state index contributed by atoms with van der Waals surface area (Å²) >= 11 is 0. The minimum atomic E-state index is -0.442. The van der Waals surface area contributed by atoms with Crippen LogP contribution in [0.25, 0.3) is 0 Å². The summed E-state index contributed by atoms with van der Waals surface area (Å²) in [5.41, 5.74) is 8.98. The molecule has 7 aromatic carbocycles. The first-order valence-electron chi connectivity index (χ1n) is 17.3. The third-order valence-corrected chi connectivity index (χ3v) is 9.50. The zero-order valence-electron chi connectivity index (χ0n) is 27.9. The van der Waals surface area contributed by atoms with E-state index in [0.29, 0.717) is 0 Å². The Balaban J connectivity index is 1.01. The quantitative estimate of drug-likeness (QED) is 0.197. The Bertz CT molecular complexity index is 2420. The molecule has 7 aromatic rings. The first-order valence-corrected chi connectivity index (χ1v) is 17.3. The van der Waals surface area contributed by atoms with E-state index in [0.717, 1.165) is 85.5 Å². The van der Waals surface area contributed by atoms with Crippen molar-refractivity contribution in [2.75, 3.05) is 9.80 Å². The van der Waals surface area contributed by atoms with Crippen molar-refractivity contribution in [3.63, 3.8) is 0 Å². The number of benzene rings is 7. The van der Waals surface area contributed by atoms with Gasteiger partial charge >= 0.3 is 0 Å². The number of aliphatic imine (C=N–C) groups is 2. The van der Waals surface area contributed by atoms with Gasteiger partial charge < -0.3 is 24.6 Å². The molecule has 3 aliphatic rings. The Labute approximate surface area is 301 Å². The number of anilines is 6. The molecule has 1 unspecified atom stereocenters. The fourth-order valence-corrected chi connectivity index (χ4v) is 7.02. The third-order valence-electron chi connectivity index (χ3n) is 9.50. The minimum Gasteiger partial charge on any atom is -0.453 e. The summed E-state index contributed by atoms with van der Waals surface area (Å²) in [4.78, 5) is 14.8. The monoisotopic (exact) mass is 673 g/mol. The van der Waals surface area contributed by atoms with Gasteiger partial charge in [-0.2, -0.15) is 0 Å². The lowest BCUT2D eigenvalue weighted by atomic mass is 10.1. The maximum absolute atomic E-state index is 6.24. The molecule has 52 heavy (non-hydrogen) atoms. The van der Waals surface area contributed by atoms with Crippen LogP contribution in [0.3, 0.4) is 0 Å². The van der Waals surface area contributed by atoms with Gasteiger partial charge in [-0.25, -0.2) is 9.98 Å². The van der Waals surface area contributed by atoms with Gasteiger partial charge in [0.2, 0.25) is 0 Å². The van der Waals surface area contributed by atoms with Crippen LogP contribution < -0.4 is 24.6 Å². The van der Waals surface area contributed by atoms with Crippen LogP contribution >= 0.6 is 0 Å². The van der Waals surface area contributed by atoms with Gasteiger partial charge in [0.05, 0.1) is 22.7 Å². The fourth-order valence-electron chi connectivity index (χ4n) is 7.02. The molecule has 1 N–H and O–H groups in total. The van der Waals surface area contributed by atoms with E-state index in [9.17, 15) is 0 Å². The number of fused-ring (bicyclic) bond motifs is 4. The molecule has 0 aliphatic carbocycles. The molecule has 3 heterocycles. The average molecular weight is 674 g/mol. The van der Waals surface area contributed by atoms with Crippen LogP contribution in [0.4, 0.5) is 34.1 Å². The molecule has 0 spiro atoms. The summed E-state index contributed by atoms with van der Waals surface area (Å²) in [6.45, 7) is 0. The lowest BCUT2D eigenvalue weighted by Gasteiger charge is -2.33. The predicted octanol–water partition coefficient (Wildman–Crippen LogP) is 11.3. The lowest BCUT2D eigenvalue weighted by molar-refractivity contribution is 0.477. The van der Waals surface area contributed by atoms with E-state index in [1.54, 1.807) is 0 Å². The predicted molar refractivity (Wildman–Crippen MR) is 208 cm³/mol. The number of nitrogens with one attached hydrogen (secondary N) is 1. The SMILES string of the molecule is c1ccc(C2=NC(c3ccc(N4c5ccccc5Oc5ccccc54)cc3)N=C(c3ccc(N4c5ccccc5Oc5ccccc54)cc3)N2)cc1. The Morgan fingerprint density at radius 2 is 0.750 bits per heavy atom. The molecule has 1 atom stereocenters. The summed E-state index contributed by atoms with van der Waals surface area (Å²) in [6, 6.07) is 59.7. The Hall–Kier alpha value is -7.12. The van der Waals surface area contributed by atoms with Crippen molar-refractivity contribution in [3.8, 4) is 23.0 Å². The second kappa shape index (κ2) is 12.3. The smallest absolute Gasteiger partial charge is 0.169 e. The molecule has 0 bridgehead atoms. The number of nitrogens with zero attached hydrogens (tertiary/aromatic N) is 4. The standard InChI is InChI=1S/C45H31N5O2/c1-2-12-30(13-3-1)43-46-44(31-22-26-33(27-23-31)49-35-14-4-8-18-39(35)51-40-19-9-5-15-36(40)49)48-45(47-43)32-24-28-34(29-25-32)50-37-16-6-10-20-41(37)52-42-21-11-7-17-38(42)50/h1-29,44H,(H,46,47,48). The molecule has 0 saturated heterocycles. The molecule has 248 valence electrons. The van der Waals surface area contributed by atoms with Gasteiger partial charge in [-0.3, -0.25) is 0 Å². The summed E-state index contributed by atoms with van der Waals surface area (Å²) in [7, 11) is 0. The van der Waals surface area contributed by atoms with Crippen molar-refractivity contribution in [3.05, 3.63) is 193 Å². The van der Waals surface area contributed by atoms with Gasteiger partial charge in [0, 0.05) is 22.5 Å². The molecule has 7 heteroatoms. The van der Waals surface area contributed by atoms with E-state index >= 15 is 0 Å². The number of para-hydroxylation sites is 8. The van der Waals surface area contributed by atoms with Crippen LogP contribution in [0.15, 0.2) is 186 Å². The fraction of sp³-hybridized carbons (Fsp3) is 0.0222. The van der Waals surface area contributed by atoms with Gasteiger partial charge in [-0.15, -0.1) is 0 Å². The molecule has 0 amide bonds. The van der Waals surface area contributed by atoms with Crippen molar-refractivity contribution >= 4 is 45.8 Å². The largest absolute Gasteiger partial charge is 0.453 e. The van der Waals surface area contributed by atoms with E-state index in [-0.39, 0.29) is 0 Å². The highest BCUT2D eigenvalue weighted by Crippen LogP contribution is 2.51. The molecule has 0 saturated carbocycles. The maximum atomic E-state index is 6.24. The van der Waals surface area contributed by atoms with Gasteiger partial charge in [-0.1, -0.05) is 91.0 Å². The highest BCUT2D eigenvalue weighted by atomic mass is 16.5. The number of amidine groups is 2. The number of ether oxygens (including phenoxy) is 2. The topological polar surface area (TPSA) is 61.7 Å². The van der Waals surface area contributed by atoms with E-state index in [4.69, 9.17) is 19.5 Å². The van der Waals surface area contributed by atoms with Crippen molar-refractivity contribution in [2.45, 2.75) is 6.17 Å². The molecule has 0 aromatic heterocycles. The van der Waals surface area contributed by atoms with Gasteiger partial charge in [0.25, 0.3) is 0 Å². The van der Waals surface area contributed by atoms with Crippen LogP contribution in [0.5, 0.6) is 23.0 Å². The average Bonchev–Trinajstić information content (AvgIpc) is 3.22. The van der Waals surface area contributed by atoms with E-state index in [1.165, 1.54) is 0 Å². The molecule has 0 radical (unpaired) electrons. The highest BCUT2D eigenvalue weighted by Gasteiger charge is 2.28. The van der Waals surface area contributed by atoms with Crippen molar-refractivity contribution in [2.24, 2.45) is 9.98 Å². The Morgan fingerprint density at radius 3 is 1.19 bits per heavy atom. The summed E-state index contributed by atoms with van der Waals surface area (Å²) < 4.78 is 12.5. The Kier molecular flexibility index (Phi) is 7.06. The zero-order chi connectivity index (χ0) is 34.4. The highest BCUT2D eigenvalue weighted by molar-refractivity contribution is 6.16. The second-order valence-electron chi connectivity index (χ2n) is 12.7. The second-order valence-corrected chi connectivity index (χ2v) is 12.7. The van der Waals surface area contributed by atoms with E-state index in [2.05, 4.69) is 100 Å². The van der Waals surface area contributed by atoms with Gasteiger partial charge in [-0.05, 0) is 90.5 Å². The van der Waals surface area contributed by atoms with Crippen molar-refractivity contribution in [1.29, 1.82) is 0 Å². The van der Waals surface area contributed by atoms with Crippen molar-refractivity contribution in [1.82, 2.24) is 5.32 Å². The van der Waals surface area contributed by atoms with E-state index in [1.807, 2.05) is 91.0 Å². The van der Waals surface area contributed by atoms with Gasteiger partial charge in [0.15, 0.2) is 29.2 Å². The molecular weight excluding hydrogens is 643 g/mol. The lowest BCUT2D eigenvalue weighted by Crippen LogP contribution is -2.36. The molecule has 3 aliphatic heterocycles. The number of hydrogen-bond acceptors (Lipinski definition) is 7. The van der Waals surface area contributed by atoms with Gasteiger partial charge in [0.1, 0.15) is 11.7 Å².